The molecular weight excluding hydrogens is 278 g/mol. The van der Waals surface area contributed by atoms with E-state index in [1.807, 2.05) is 0 Å². The predicted molar refractivity (Wildman–Crippen MR) is 72.6 cm³/mol. The molecule has 0 saturated carbocycles. The third kappa shape index (κ3) is 3.45. The van der Waals surface area contributed by atoms with Crippen LogP contribution in [0.4, 0.5) is 8.78 Å². The normalized spacial score (nSPS) is 12.2. The summed E-state index contributed by atoms with van der Waals surface area (Å²) in [6, 6.07) is 3.14. The highest BCUT2D eigenvalue weighted by Gasteiger charge is 2.16. The highest BCUT2D eigenvalue weighted by molar-refractivity contribution is 5.79. The van der Waals surface area contributed by atoms with E-state index < -0.39 is 17.7 Å². The van der Waals surface area contributed by atoms with Gasteiger partial charge in [0.05, 0.1) is 18.2 Å². The molecule has 0 aliphatic carbocycles. The summed E-state index contributed by atoms with van der Waals surface area (Å²) in [6.07, 6.45) is 0.134. The number of benzene rings is 1. The number of amides is 1. The van der Waals surface area contributed by atoms with Gasteiger partial charge in [0, 0.05) is 5.56 Å². The maximum atomic E-state index is 13.2. The average molecular weight is 294 g/mol. The van der Waals surface area contributed by atoms with Crippen molar-refractivity contribution in [1.82, 2.24) is 10.5 Å². The molecule has 0 saturated heterocycles. The standard InChI is InChI=1S/C15H16F2N2O2/c1-8(11-4-5-13(16)14(17)6-11)18-15(20)7-12-9(2)19-21-10(12)3/h4-6,8H,7H2,1-3H3,(H,18,20). The molecule has 0 fully saturated rings. The Morgan fingerprint density at radius 1 is 1.33 bits per heavy atom. The molecule has 1 unspecified atom stereocenters. The van der Waals surface area contributed by atoms with Gasteiger partial charge in [-0.2, -0.15) is 0 Å². The van der Waals surface area contributed by atoms with E-state index in [0.29, 0.717) is 17.0 Å². The summed E-state index contributed by atoms with van der Waals surface area (Å²) in [7, 11) is 0. The maximum Gasteiger partial charge on any atom is 0.225 e. The monoisotopic (exact) mass is 294 g/mol. The minimum absolute atomic E-state index is 0.134. The third-order valence-corrected chi connectivity index (χ3v) is 3.34. The molecule has 0 spiro atoms. The molecule has 21 heavy (non-hydrogen) atoms. The van der Waals surface area contributed by atoms with Crippen LogP contribution in [0.3, 0.4) is 0 Å². The Bertz CT molecular complexity index is 648. The lowest BCUT2D eigenvalue weighted by atomic mass is 10.1. The summed E-state index contributed by atoms with van der Waals surface area (Å²) in [5.41, 5.74) is 1.91. The van der Waals surface area contributed by atoms with Gasteiger partial charge >= 0.3 is 0 Å². The zero-order valence-electron chi connectivity index (χ0n) is 12.0. The van der Waals surface area contributed by atoms with E-state index in [1.54, 1.807) is 20.8 Å². The van der Waals surface area contributed by atoms with E-state index >= 15 is 0 Å². The quantitative estimate of drug-likeness (QED) is 0.943. The number of carbonyl (C=O) groups is 1. The van der Waals surface area contributed by atoms with Crippen LogP contribution in [-0.4, -0.2) is 11.1 Å². The van der Waals surface area contributed by atoms with E-state index in [-0.39, 0.29) is 12.3 Å². The minimum atomic E-state index is -0.931. The van der Waals surface area contributed by atoms with Gasteiger partial charge < -0.3 is 9.84 Å². The van der Waals surface area contributed by atoms with Gasteiger partial charge in [0.25, 0.3) is 0 Å². The molecule has 112 valence electrons. The number of halogens is 2. The molecule has 2 rings (SSSR count). The number of carbonyl (C=O) groups excluding carboxylic acids is 1. The first-order chi connectivity index (χ1) is 9.88. The van der Waals surface area contributed by atoms with E-state index in [2.05, 4.69) is 10.5 Å². The Kier molecular flexibility index (Phi) is 4.35. The lowest BCUT2D eigenvalue weighted by Crippen LogP contribution is -2.28. The summed E-state index contributed by atoms with van der Waals surface area (Å²) < 4.78 is 31.1. The third-order valence-electron chi connectivity index (χ3n) is 3.34. The molecule has 0 aliphatic rings. The number of aromatic nitrogens is 1. The molecule has 0 aliphatic heterocycles. The molecule has 1 heterocycles. The molecule has 4 nitrogen and oxygen atoms in total. The van der Waals surface area contributed by atoms with Crippen molar-refractivity contribution >= 4 is 5.91 Å². The Morgan fingerprint density at radius 2 is 2.05 bits per heavy atom. The topological polar surface area (TPSA) is 55.1 Å². The summed E-state index contributed by atoms with van der Waals surface area (Å²) in [6.45, 7) is 5.21. The highest BCUT2D eigenvalue weighted by atomic mass is 19.2. The van der Waals surface area contributed by atoms with Gasteiger partial charge in [0.1, 0.15) is 5.76 Å². The fraction of sp³-hybridized carbons (Fsp3) is 0.333. The number of hydrogen-bond acceptors (Lipinski definition) is 3. The molecule has 1 aromatic heterocycles. The molecule has 1 amide bonds. The van der Waals surface area contributed by atoms with Crippen LogP contribution in [0.25, 0.3) is 0 Å². The minimum Gasteiger partial charge on any atom is -0.361 e. The van der Waals surface area contributed by atoms with Crippen LogP contribution >= 0.6 is 0 Å². The van der Waals surface area contributed by atoms with Crippen molar-refractivity contribution < 1.29 is 18.1 Å². The average Bonchev–Trinajstić information content (AvgIpc) is 2.73. The van der Waals surface area contributed by atoms with Crippen LogP contribution in [0.1, 0.15) is 35.5 Å². The number of nitrogens with one attached hydrogen (secondary N) is 1. The SMILES string of the molecule is Cc1noc(C)c1CC(=O)NC(C)c1ccc(F)c(F)c1. The zero-order chi connectivity index (χ0) is 15.6. The number of rotatable bonds is 4. The Morgan fingerprint density at radius 3 is 2.62 bits per heavy atom. The number of aryl methyl sites for hydroxylation is 2. The number of hydrogen-bond donors (Lipinski definition) is 1. The van der Waals surface area contributed by atoms with Crippen LogP contribution in [0.5, 0.6) is 0 Å². The smallest absolute Gasteiger partial charge is 0.225 e. The molecule has 2 aromatic rings. The van der Waals surface area contributed by atoms with Gasteiger partial charge in [-0.05, 0) is 38.5 Å². The number of nitrogens with zero attached hydrogens (tertiary/aromatic N) is 1. The zero-order valence-corrected chi connectivity index (χ0v) is 12.0. The van der Waals surface area contributed by atoms with Crippen LogP contribution in [0.15, 0.2) is 22.7 Å². The lowest BCUT2D eigenvalue weighted by Gasteiger charge is -2.14. The van der Waals surface area contributed by atoms with Crippen molar-refractivity contribution in [2.75, 3.05) is 0 Å². The van der Waals surface area contributed by atoms with E-state index in [0.717, 1.165) is 17.7 Å². The molecule has 1 aromatic carbocycles. The predicted octanol–water partition coefficient (Wildman–Crippen LogP) is 2.99. The van der Waals surface area contributed by atoms with Crippen molar-refractivity contribution in [3.05, 3.63) is 52.4 Å². The largest absolute Gasteiger partial charge is 0.361 e. The van der Waals surface area contributed by atoms with Gasteiger partial charge in [-0.15, -0.1) is 0 Å². The van der Waals surface area contributed by atoms with Crippen molar-refractivity contribution in [2.24, 2.45) is 0 Å². The van der Waals surface area contributed by atoms with Gasteiger partial charge in [-0.3, -0.25) is 4.79 Å². The molecule has 6 heteroatoms. The first-order valence-corrected chi connectivity index (χ1v) is 6.54. The van der Waals surface area contributed by atoms with Crippen molar-refractivity contribution in [3.63, 3.8) is 0 Å². The first-order valence-electron chi connectivity index (χ1n) is 6.54. The second kappa shape index (κ2) is 6.03. The van der Waals surface area contributed by atoms with Gasteiger partial charge in [-0.25, -0.2) is 8.78 Å². The molecule has 1 N–H and O–H groups in total. The van der Waals surface area contributed by atoms with Gasteiger partial charge in [0.15, 0.2) is 11.6 Å². The second-order valence-electron chi connectivity index (χ2n) is 4.94. The molecular formula is C15H16F2N2O2. The molecule has 0 bridgehead atoms. The second-order valence-corrected chi connectivity index (χ2v) is 4.94. The fourth-order valence-electron chi connectivity index (χ4n) is 2.07. The summed E-state index contributed by atoms with van der Waals surface area (Å²) >= 11 is 0. The summed E-state index contributed by atoms with van der Waals surface area (Å²) in [5.74, 6) is -1.47. The Balaban J connectivity index is 2.03. The lowest BCUT2D eigenvalue weighted by molar-refractivity contribution is -0.121. The van der Waals surface area contributed by atoms with Crippen LogP contribution < -0.4 is 5.32 Å². The van der Waals surface area contributed by atoms with Crippen LogP contribution in [0.2, 0.25) is 0 Å². The van der Waals surface area contributed by atoms with Crippen molar-refractivity contribution in [2.45, 2.75) is 33.2 Å². The van der Waals surface area contributed by atoms with Crippen LogP contribution in [-0.2, 0) is 11.2 Å². The van der Waals surface area contributed by atoms with Crippen LogP contribution in [0, 0.1) is 25.5 Å². The van der Waals surface area contributed by atoms with E-state index in [9.17, 15) is 13.6 Å². The van der Waals surface area contributed by atoms with Crippen molar-refractivity contribution in [1.29, 1.82) is 0 Å². The molecule has 1 atom stereocenters. The Labute approximate surface area is 121 Å². The van der Waals surface area contributed by atoms with Gasteiger partial charge in [0.2, 0.25) is 5.91 Å². The Hall–Kier alpha value is -2.24. The fourth-order valence-corrected chi connectivity index (χ4v) is 2.07. The van der Waals surface area contributed by atoms with E-state index in [1.165, 1.54) is 6.07 Å². The summed E-state index contributed by atoms with van der Waals surface area (Å²) in [4.78, 5) is 12.0. The van der Waals surface area contributed by atoms with Crippen molar-refractivity contribution in [3.8, 4) is 0 Å². The van der Waals surface area contributed by atoms with E-state index in [4.69, 9.17) is 4.52 Å². The molecule has 0 radical (unpaired) electrons. The first kappa shape index (κ1) is 15.2. The summed E-state index contributed by atoms with van der Waals surface area (Å²) in [5, 5.41) is 6.52. The maximum absolute atomic E-state index is 13.2. The van der Waals surface area contributed by atoms with Gasteiger partial charge in [-0.1, -0.05) is 11.2 Å². The highest BCUT2D eigenvalue weighted by Crippen LogP contribution is 2.17.